The van der Waals surface area contributed by atoms with Crippen molar-refractivity contribution in [3.63, 3.8) is 0 Å². The molecule has 140 valence electrons. The Morgan fingerprint density at radius 3 is 2.65 bits per heavy atom. The van der Waals surface area contributed by atoms with Gasteiger partial charge in [-0.1, -0.05) is 42.5 Å². The predicted molar refractivity (Wildman–Crippen MR) is 119 cm³/mol. The maximum atomic E-state index is 5.39. The summed E-state index contributed by atoms with van der Waals surface area (Å²) in [5.74, 6) is 2.42. The maximum absolute atomic E-state index is 5.39. The maximum Gasteiger partial charge on any atom is 0.191 e. The van der Waals surface area contributed by atoms with E-state index >= 15 is 0 Å². The van der Waals surface area contributed by atoms with E-state index in [1.54, 1.807) is 7.11 Å². The average molecular weight is 465 g/mol. The average Bonchev–Trinajstić information content (AvgIpc) is 3.42. The zero-order valence-electron chi connectivity index (χ0n) is 15.7. The minimum absolute atomic E-state index is 0. The van der Waals surface area contributed by atoms with Crippen LogP contribution in [0.4, 0.5) is 0 Å². The molecule has 1 saturated carbocycles. The molecule has 0 aromatic heterocycles. The minimum Gasteiger partial charge on any atom is -0.496 e. The molecule has 0 bridgehead atoms. The van der Waals surface area contributed by atoms with Crippen LogP contribution in [-0.2, 0) is 6.42 Å². The van der Waals surface area contributed by atoms with Gasteiger partial charge in [0, 0.05) is 25.6 Å². The van der Waals surface area contributed by atoms with Crippen molar-refractivity contribution in [3.8, 4) is 5.75 Å². The van der Waals surface area contributed by atoms with Crippen molar-refractivity contribution in [3.05, 3.63) is 65.2 Å². The molecule has 4 nitrogen and oxygen atoms in total. The van der Waals surface area contributed by atoms with Gasteiger partial charge in [0.1, 0.15) is 5.75 Å². The highest BCUT2D eigenvalue weighted by atomic mass is 127. The molecule has 26 heavy (non-hydrogen) atoms. The normalized spacial score (nSPS) is 18.7. The van der Waals surface area contributed by atoms with Crippen molar-refractivity contribution in [2.24, 2.45) is 4.99 Å². The summed E-state index contributed by atoms with van der Waals surface area (Å²) in [4.78, 5) is 4.35. The van der Waals surface area contributed by atoms with Crippen LogP contribution in [-0.4, -0.2) is 32.7 Å². The highest BCUT2D eigenvalue weighted by Crippen LogP contribution is 2.40. The lowest BCUT2D eigenvalue weighted by molar-refractivity contribution is 0.411. The number of halogens is 1. The van der Waals surface area contributed by atoms with Gasteiger partial charge in [0.2, 0.25) is 0 Å². The van der Waals surface area contributed by atoms with Crippen LogP contribution in [0.2, 0.25) is 0 Å². The predicted octanol–water partition coefficient (Wildman–Crippen LogP) is 3.89. The van der Waals surface area contributed by atoms with Gasteiger partial charge in [-0.25, -0.2) is 0 Å². The van der Waals surface area contributed by atoms with E-state index in [9.17, 15) is 0 Å². The van der Waals surface area contributed by atoms with Crippen molar-refractivity contribution in [1.29, 1.82) is 0 Å². The Hall–Kier alpha value is -1.76. The lowest BCUT2D eigenvalue weighted by Gasteiger charge is -2.13. The highest BCUT2D eigenvalue weighted by Gasteiger charge is 2.38. The van der Waals surface area contributed by atoms with E-state index in [0.29, 0.717) is 12.0 Å². The molecule has 0 aliphatic heterocycles. The second-order valence-corrected chi connectivity index (χ2v) is 6.56. The van der Waals surface area contributed by atoms with E-state index in [2.05, 4.69) is 71.1 Å². The van der Waals surface area contributed by atoms with E-state index in [-0.39, 0.29) is 24.0 Å². The number of nitrogens with zero attached hydrogens (tertiary/aromatic N) is 1. The van der Waals surface area contributed by atoms with Crippen molar-refractivity contribution in [2.75, 3.05) is 20.7 Å². The molecule has 1 fully saturated rings. The molecule has 1 aliphatic rings. The number of methoxy groups -OCH3 is 1. The smallest absolute Gasteiger partial charge is 0.191 e. The van der Waals surface area contributed by atoms with Crippen LogP contribution in [0.5, 0.6) is 5.75 Å². The summed E-state index contributed by atoms with van der Waals surface area (Å²) in [7, 11) is 3.54. The van der Waals surface area contributed by atoms with Crippen molar-refractivity contribution < 1.29 is 4.74 Å². The molecule has 2 aromatic carbocycles. The number of aliphatic imine (C=N–C) groups is 1. The fraction of sp³-hybridized carbons (Fsp3) is 0.381. The van der Waals surface area contributed by atoms with Gasteiger partial charge in [-0.05, 0) is 42.5 Å². The standard InChI is InChI=1S/C21H27N3O.HI/c1-15-9-10-16(13-20(15)25-3)11-12-23-21(22-2)24-19-14-18(19)17-7-5-4-6-8-17;/h4-10,13,18-19H,11-12,14H2,1-3H3,(H2,22,23,24);1H. The van der Waals surface area contributed by atoms with Crippen LogP contribution >= 0.6 is 24.0 Å². The Morgan fingerprint density at radius 2 is 1.96 bits per heavy atom. The number of benzene rings is 2. The first-order valence-corrected chi connectivity index (χ1v) is 8.87. The first-order chi connectivity index (χ1) is 12.2. The van der Waals surface area contributed by atoms with Gasteiger partial charge in [-0.2, -0.15) is 0 Å². The monoisotopic (exact) mass is 465 g/mol. The summed E-state index contributed by atoms with van der Waals surface area (Å²) in [5, 5.41) is 6.93. The molecule has 3 rings (SSSR count). The summed E-state index contributed by atoms with van der Waals surface area (Å²) >= 11 is 0. The molecule has 2 unspecified atom stereocenters. The number of guanidine groups is 1. The van der Waals surface area contributed by atoms with Crippen LogP contribution in [0, 0.1) is 6.92 Å². The van der Waals surface area contributed by atoms with Gasteiger partial charge in [0.15, 0.2) is 5.96 Å². The first kappa shape index (κ1) is 20.6. The fourth-order valence-corrected chi connectivity index (χ4v) is 3.14. The van der Waals surface area contributed by atoms with E-state index in [4.69, 9.17) is 4.74 Å². The molecular weight excluding hydrogens is 437 g/mol. The Kier molecular flexibility index (Phi) is 7.75. The Morgan fingerprint density at radius 1 is 1.19 bits per heavy atom. The third-order valence-electron chi connectivity index (χ3n) is 4.74. The van der Waals surface area contributed by atoms with Crippen LogP contribution in [0.25, 0.3) is 0 Å². The topological polar surface area (TPSA) is 45.7 Å². The molecule has 2 N–H and O–H groups in total. The molecule has 5 heteroatoms. The van der Waals surface area contributed by atoms with Gasteiger partial charge in [-0.15, -0.1) is 24.0 Å². The SMILES string of the molecule is CN=C(NCCc1ccc(C)c(OC)c1)NC1CC1c1ccccc1.I. The first-order valence-electron chi connectivity index (χ1n) is 8.87. The second-order valence-electron chi connectivity index (χ2n) is 6.56. The number of ether oxygens (including phenoxy) is 1. The number of nitrogens with one attached hydrogen (secondary N) is 2. The molecule has 2 aromatic rings. The number of rotatable bonds is 6. The van der Waals surface area contributed by atoms with Crippen molar-refractivity contribution >= 4 is 29.9 Å². The van der Waals surface area contributed by atoms with Crippen LogP contribution < -0.4 is 15.4 Å². The van der Waals surface area contributed by atoms with E-state index in [1.807, 2.05) is 7.05 Å². The molecular formula is C21H28IN3O. The lowest BCUT2D eigenvalue weighted by atomic mass is 10.1. The molecule has 2 atom stereocenters. The summed E-state index contributed by atoms with van der Waals surface area (Å²) in [6.07, 6.45) is 2.10. The third kappa shape index (κ3) is 5.37. The van der Waals surface area contributed by atoms with Gasteiger partial charge >= 0.3 is 0 Å². The molecule has 0 radical (unpaired) electrons. The van der Waals surface area contributed by atoms with Crippen molar-refractivity contribution in [1.82, 2.24) is 10.6 Å². The summed E-state index contributed by atoms with van der Waals surface area (Å²) in [5.41, 5.74) is 3.83. The second kappa shape index (κ2) is 9.80. The van der Waals surface area contributed by atoms with Crippen LogP contribution in [0.3, 0.4) is 0 Å². The molecule has 0 heterocycles. The molecule has 0 amide bonds. The van der Waals surface area contributed by atoms with E-state index < -0.39 is 0 Å². The Bertz CT molecular complexity index is 733. The molecule has 0 saturated heterocycles. The molecule has 1 aliphatic carbocycles. The van der Waals surface area contributed by atoms with Gasteiger partial charge in [-0.3, -0.25) is 4.99 Å². The molecule has 0 spiro atoms. The summed E-state index contributed by atoms with van der Waals surface area (Å²) in [6, 6.07) is 17.5. The quantitative estimate of drug-likeness (QED) is 0.387. The van der Waals surface area contributed by atoms with E-state index in [0.717, 1.165) is 30.2 Å². The van der Waals surface area contributed by atoms with Gasteiger partial charge in [0.25, 0.3) is 0 Å². The third-order valence-corrected chi connectivity index (χ3v) is 4.74. The largest absolute Gasteiger partial charge is 0.496 e. The highest BCUT2D eigenvalue weighted by molar-refractivity contribution is 14.0. The summed E-state index contributed by atoms with van der Waals surface area (Å²) < 4.78 is 5.39. The van der Waals surface area contributed by atoms with Crippen LogP contribution in [0.15, 0.2) is 53.5 Å². The zero-order valence-corrected chi connectivity index (χ0v) is 18.0. The van der Waals surface area contributed by atoms with Gasteiger partial charge in [0.05, 0.1) is 7.11 Å². The van der Waals surface area contributed by atoms with Crippen LogP contribution in [0.1, 0.15) is 29.0 Å². The number of hydrogen-bond donors (Lipinski definition) is 2. The number of hydrogen-bond acceptors (Lipinski definition) is 2. The summed E-state index contributed by atoms with van der Waals surface area (Å²) in [6.45, 7) is 2.90. The van der Waals surface area contributed by atoms with Gasteiger partial charge < -0.3 is 15.4 Å². The lowest BCUT2D eigenvalue weighted by Crippen LogP contribution is -2.39. The minimum atomic E-state index is 0. The Labute approximate surface area is 173 Å². The number of aryl methyl sites for hydroxylation is 1. The fourth-order valence-electron chi connectivity index (χ4n) is 3.14. The Balaban J connectivity index is 0.00000243. The van der Waals surface area contributed by atoms with Crippen molar-refractivity contribution in [2.45, 2.75) is 31.7 Å². The van der Waals surface area contributed by atoms with E-state index in [1.165, 1.54) is 17.5 Å². The zero-order chi connectivity index (χ0) is 17.6.